The van der Waals surface area contributed by atoms with Crippen molar-refractivity contribution in [2.24, 2.45) is 11.8 Å². The van der Waals surface area contributed by atoms with Gasteiger partial charge in [-0.05, 0) is 55.4 Å². The van der Waals surface area contributed by atoms with Crippen molar-refractivity contribution in [1.82, 2.24) is 0 Å². The van der Waals surface area contributed by atoms with Crippen LogP contribution in [0.4, 0.5) is 0 Å². The fourth-order valence-corrected chi connectivity index (χ4v) is 4.48. The summed E-state index contributed by atoms with van der Waals surface area (Å²) in [5, 5.41) is 0. The smallest absolute Gasteiger partial charge is 0.119 e. The molecule has 1 aliphatic rings. The standard InChI is InChI=1S/C26H44O2/c1-3-5-6-7-8-9-21-27-25-17-19-26(20-18-25)28-22-10-12-24-15-13-23(11-4-2)14-16-24/h17-20,23-24H,3-16,21-22H2,1-2H3. The van der Waals surface area contributed by atoms with Crippen LogP contribution in [0.3, 0.4) is 0 Å². The van der Waals surface area contributed by atoms with Gasteiger partial charge in [0.25, 0.3) is 0 Å². The maximum atomic E-state index is 5.94. The molecule has 1 saturated carbocycles. The largest absolute Gasteiger partial charge is 0.494 e. The zero-order valence-electron chi connectivity index (χ0n) is 18.6. The lowest BCUT2D eigenvalue weighted by Crippen LogP contribution is -2.15. The van der Waals surface area contributed by atoms with Gasteiger partial charge in [0.05, 0.1) is 13.2 Å². The molecule has 2 rings (SSSR count). The summed E-state index contributed by atoms with van der Waals surface area (Å²) >= 11 is 0. The van der Waals surface area contributed by atoms with Crippen molar-refractivity contribution in [3.63, 3.8) is 0 Å². The van der Waals surface area contributed by atoms with Crippen LogP contribution < -0.4 is 9.47 Å². The number of ether oxygens (including phenoxy) is 2. The third-order valence-electron chi connectivity index (χ3n) is 6.28. The van der Waals surface area contributed by atoms with E-state index in [0.717, 1.165) is 43.0 Å². The molecule has 28 heavy (non-hydrogen) atoms. The van der Waals surface area contributed by atoms with Crippen molar-refractivity contribution < 1.29 is 9.47 Å². The second kappa shape index (κ2) is 14.8. The zero-order valence-corrected chi connectivity index (χ0v) is 18.6. The Morgan fingerprint density at radius 1 is 0.607 bits per heavy atom. The highest BCUT2D eigenvalue weighted by atomic mass is 16.5. The minimum Gasteiger partial charge on any atom is -0.494 e. The molecule has 0 amide bonds. The highest BCUT2D eigenvalue weighted by molar-refractivity contribution is 5.31. The van der Waals surface area contributed by atoms with Gasteiger partial charge in [-0.2, -0.15) is 0 Å². The van der Waals surface area contributed by atoms with Crippen molar-refractivity contribution in [2.75, 3.05) is 13.2 Å². The second-order valence-electron chi connectivity index (χ2n) is 8.75. The quantitative estimate of drug-likeness (QED) is 0.282. The average molecular weight is 389 g/mol. The van der Waals surface area contributed by atoms with Gasteiger partial charge in [0, 0.05) is 0 Å². The third kappa shape index (κ3) is 9.85. The van der Waals surface area contributed by atoms with Crippen molar-refractivity contribution in [1.29, 1.82) is 0 Å². The van der Waals surface area contributed by atoms with Gasteiger partial charge in [0.2, 0.25) is 0 Å². The van der Waals surface area contributed by atoms with Crippen LogP contribution in [-0.4, -0.2) is 13.2 Å². The Labute approximate surface area is 174 Å². The van der Waals surface area contributed by atoms with Gasteiger partial charge in [-0.15, -0.1) is 0 Å². The first kappa shape index (κ1) is 23.1. The van der Waals surface area contributed by atoms with Gasteiger partial charge in [-0.25, -0.2) is 0 Å². The Hall–Kier alpha value is -1.18. The monoisotopic (exact) mass is 388 g/mol. The van der Waals surface area contributed by atoms with Crippen LogP contribution in [0.2, 0.25) is 0 Å². The van der Waals surface area contributed by atoms with Gasteiger partial charge >= 0.3 is 0 Å². The summed E-state index contributed by atoms with van der Waals surface area (Å²) in [6, 6.07) is 8.18. The normalized spacial score (nSPS) is 19.5. The minimum absolute atomic E-state index is 0.826. The molecule has 0 saturated heterocycles. The fourth-order valence-electron chi connectivity index (χ4n) is 4.48. The predicted octanol–water partition coefficient (Wildman–Crippen LogP) is 8.19. The van der Waals surface area contributed by atoms with E-state index < -0.39 is 0 Å². The molecule has 0 heterocycles. The van der Waals surface area contributed by atoms with Gasteiger partial charge in [0.15, 0.2) is 0 Å². The lowest BCUT2D eigenvalue weighted by Gasteiger charge is -2.28. The number of hydrogen-bond acceptors (Lipinski definition) is 2. The molecule has 0 unspecified atom stereocenters. The number of benzene rings is 1. The first-order chi connectivity index (χ1) is 13.8. The summed E-state index contributed by atoms with van der Waals surface area (Å²) < 4.78 is 11.8. The van der Waals surface area contributed by atoms with Crippen LogP contribution in [0, 0.1) is 11.8 Å². The Morgan fingerprint density at radius 2 is 1.11 bits per heavy atom. The van der Waals surface area contributed by atoms with Crippen molar-refractivity contribution in [2.45, 2.75) is 104 Å². The Bertz CT molecular complexity index is 474. The van der Waals surface area contributed by atoms with Crippen LogP contribution in [0.1, 0.15) is 104 Å². The zero-order chi connectivity index (χ0) is 19.9. The van der Waals surface area contributed by atoms with E-state index in [1.807, 2.05) is 24.3 Å². The van der Waals surface area contributed by atoms with Gasteiger partial charge in [-0.3, -0.25) is 0 Å². The van der Waals surface area contributed by atoms with Crippen LogP contribution in [0.25, 0.3) is 0 Å². The molecule has 1 aliphatic carbocycles. The lowest BCUT2D eigenvalue weighted by atomic mass is 9.78. The van der Waals surface area contributed by atoms with E-state index in [9.17, 15) is 0 Å². The molecule has 160 valence electrons. The molecule has 2 heteroatoms. The number of rotatable bonds is 15. The predicted molar refractivity (Wildman–Crippen MR) is 120 cm³/mol. The molecular formula is C26H44O2. The molecule has 1 fully saturated rings. The molecular weight excluding hydrogens is 344 g/mol. The van der Waals surface area contributed by atoms with E-state index in [2.05, 4.69) is 13.8 Å². The van der Waals surface area contributed by atoms with E-state index in [1.165, 1.54) is 83.5 Å². The summed E-state index contributed by atoms with van der Waals surface area (Å²) in [7, 11) is 0. The molecule has 0 radical (unpaired) electrons. The van der Waals surface area contributed by atoms with Crippen LogP contribution in [0.15, 0.2) is 24.3 Å². The lowest BCUT2D eigenvalue weighted by molar-refractivity contribution is 0.230. The van der Waals surface area contributed by atoms with E-state index in [1.54, 1.807) is 0 Å². The van der Waals surface area contributed by atoms with E-state index >= 15 is 0 Å². The summed E-state index contributed by atoms with van der Waals surface area (Å²) in [6.45, 7) is 6.24. The minimum atomic E-state index is 0.826. The molecule has 0 bridgehead atoms. The highest BCUT2D eigenvalue weighted by Crippen LogP contribution is 2.33. The van der Waals surface area contributed by atoms with Crippen molar-refractivity contribution in [3.05, 3.63) is 24.3 Å². The molecule has 0 aromatic heterocycles. The van der Waals surface area contributed by atoms with E-state index in [4.69, 9.17) is 9.47 Å². The fraction of sp³-hybridized carbons (Fsp3) is 0.769. The van der Waals surface area contributed by atoms with Crippen LogP contribution >= 0.6 is 0 Å². The number of unbranched alkanes of at least 4 members (excludes halogenated alkanes) is 5. The topological polar surface area (TPSA) is 18.5 Å². The third-order valence-corrected chi connectivity index (χ3v) is 6.28. The molecule has 0 spiro atoms. The summed E-state index contributed by atoms with van der Waals surface area (Å²) in [5.41, 5.74) is 0. The molecule has 0 N–H and O–H groups in total. The molecule has 0 atom stereocenters. The van der Waals surface area contributed by atoms with Crippen LogP contribution in [0.5, 0.6) is 11.5 Å². The first-order valence-electron chi connectivity index (χ1n) is 12.2. The van der Waals surface area contributed by atoms with Crippen molar-refractivity contribution >= 4 is 0 Å². The van der Waals surface area contributed by atoms with Gasteiger partial charge in [0.1, 0.15) is 11.5 Å². The Morgan fingerprint density at radius 3 is 1.68 bits per heavy atom. The second-order valence-corrected chi connectivity index (χ2v) is 8.75. The highest BCUT2D eigenvalue weighted by Gasteiger charge is 2.20. The summed E-state index contributed by atoms with van der Waals surface area (Å²) in [5.74, 6) is 3.89. The molecule has 2 nitrogen and oxygen atoms in total. The molecule has 1 aromatic rings. The first-order valence-corrected chi connectivity index (χ1v) is 12.2. The maximum absolute atomic E-state index is 5.94. The Balaban J connectivity index is 1.49. The average Bonchev–Trinajstić information content (AvgIpc) is 2.73. The van der Waals surface area contributed by atoms with Gasteiger partial charge in [-0.1, -0.05) is 84.5 Å². The van der Waals surface area contributed by atoms with E-state index in [0.29, 0.717) is 0 Å². The molecule has 0 aliphatic heterocycles. The SMILES string of the molecule is CCCCCCCCOc1ccc(OCCCC2CCC(CCC)CC2)cc1. The van der Waals surface area contributed by atoms with Gasteiger partial charge < -0.3 is 9.47 Å². The Kier molecular flexibility index (Phi) is 12.2. The molecule has 1 aromatic carbocycles. The van der Waals surface area contributed by atoms with E-state index in [-0.39, 0.29) is 0 Å². The maximum Gasteiger partial charge on any atom is 0.119 e. The number of hydrogen-bond donors (Lipinski definition) is 0. The summed E-state index contributed by atoms with van der Waals surface area (Å²) in [6.07, 6.45) is 18.9. The van der Waals surface area contributed by atoms with Crippen LogP contribution in [-0.2, 0) is 0 Å². The summed E-state index contributed by atoms with van der Waals surface area (Å²) in [4.78, 5) is 0. The van der Waals surface area contributed by atoms with Crippen molar-refractivity contribution in [3.8, 4) is 11.5 Å².